The summed E-state index contributed by atoms with van der Waals surface area (Å²) in [5, 5.41) is 4.03. The Morgan fingerprint density at radius 1 is 1.08 bits per heavy atom. The molecule has 1 aliphatic rings. The molecule has 1 fully saturated rings. The average Bonchev–Trinajstić information content (AvgIpc) is 3.05. The van der Waals surface area contributed by atoms with E-state index in [0.717, 1.165) is 45.0 Å². The van der Waals surface area contributed by atoms with Gasteiger partial charge in [0.25, 0.3) is 0 Å². The molecule has 0 amide bonds. The lowest BCUT2D eigenvalue weighted by molar-refractivity contribution is 0.116. The second-order valence-electron chi connectivity index (χ2n) is 6.08. The third kappa shape index (κ3) is 5.67. The van der Waals surface area contributed by atoms with Crippen LogP contribution in [0.15, 0.2) is 52.0 Å². The van der Waals surface area contributed by atoms with Crippen LogP contribution in [0.2, 0.25) is 0 Å². The van der Waals surface area contributed by atoms with Crippen molar-refractivity contribution in [2.24, 2.45) is 10.8 Å². The van der Waals surface area contributed by atoms with Crippen molar-refractivity contribution in [1.82, 2.24) is 15.2 Å². The highest BCUT2D eigenvalue weighted by Crippen LogP contribution is 2.13. The lowest BCUT2D eigenvalue weighted by atomic mass is 10.2. The Morgan fingerprint density at radius 2 is 1.76 bits per heavy atom. The van der Waals surface area contributed by atoms with E-state index in [1.54, 1.807) is 6.21 Å². The molecular formula is C18H23N5OS. The van der Waals surface area contributed by atoms with Gasteiger partial charge in [0.2, 0.25) is 0 Å². The maximum absolute atomic E-state index is 5.76. The van der Waals surface area contributed by atoms with Crippen LogP contribution in [0.5, 0.6) is 0 Å². The fraction of sp³-hybridized carbons (Fsp3) is 0.333. The van der Waals surface area contributed by atoms with Crippen molar-refractivity contribution < 1.29 is 4.42 Å². The fourth-order valence-electron chi connectivity index (χ4n) is 2.88. The monoisotopic (exact) mass is 357 g/mol. The second kappa shape index (κ2) is 8.75. The molecule has 0 aliphatic carbocycles. The van der Waals surface area contributed by atoms with Crippen molar-refractivity contribution in [3.05, 3.63) is 59.5 Å². The summed E-state index contributed by atoms with van der Waals surface area (Å²) in [6.07, 6.45) is 1.57. The molecule has 132 valence electrons. The minimum absolute atomic E-state index is 0.136. The van der Waals surface area contributed by atoms with Crippen LogP contribution in [0.3, 0.4) is 0 Å². The highest BCUT2D eigenvalue weighted by atomic mass is 32.1. The molecule has 1 aromatic heterocycles. The lowest BCUT2D eigenvalue weighted by Crippen LogP contribution is -2.45. The SMILES string of the molecule is NC(=S)NN=Cc1ccc(CN2CCN(Cc3ccccc3)CC2)o1. The summed E-state index contributed by atoms with van der Waals surface area (Å²) in [5.74, 6) is 1.62. The standard InChI is InChI=1S/C18H23N5OS/c19-18(25)21-20-12-16-6-7-17(24-16)14-23-10-8-22(9-11-23)13-15-4-2-1-3-5-15/h1-7,12H,8-11,13-14H2,(H3,19,21,25). The smallest absolute Gasteiger partial charge is 0.184 e. The van der Waals surface area contributed by atoms with Gasteiger partial charge in [-0.1, -0.05) is 30.3 Å². The molecule has 3 N–H and O–H groups in total. The summed E-state index contributed by atoms with van der Waals surface area (Å²) in [6.45, 7) is 6.06. The Kier molecular flexibility index (Phi) is 6.16. The number of benzene rings is 1. The van der Waals surface area contributed by atoms with Crippen molar-refractivity contribution in [2.45, 2.75) is 13.1 Å². The molecular weight excluding hydrogens is 334 g/mol. The van der Waals surface area contributed by atoms with Gasteiger partial charge in [-0.05, 0) is 29.9 Å². The van der Waals surface area contributed by atoms with Gasteiger partial charge in [-0.25, -0.2) is 0 Å². The Bertz CT molecular complexity index is 707. The molecule has 1 saturated heterocycles. The van der Waals surface area contributed by atoms with Crippen molar-refractivity contribution >= 4 is 23.5 Å². The number of hydrogen-bond donors (Lipinski definition) is 2. The van der Waals surface area contributed by atoms with E-state index in [4.69, 9.17) is 10.2 Å². The minimum atomic E-state index is 0.136. The Labute approximate surface area is 153 Å². The van der Waals surface area contributed by atoms with E-state index in [2.05, 4.69) is 62.9 Å². The van der Waals surface area contributed by atoms with Crippen LogP contribution >= 0.6 is 12.2 Å². The topological polar surface area (TPSA) is 70.0 Å². The zero-order valence-electron chi connectivity index (χ0n) is 14.1. The molecule has 0 atom stereocenters. The highest BCUT2D eigenvalue weighted by molar-refractivity contribution is 7.80. The number of nitrogens with two attached hydrogens (primary N) is 1. The first kappa shape index (κ1) is 17.6. The molecule has 25 heavy (non-hydrogen) atoms. The summed E-state index contributed by atoms with van der Waals surface area (Å²) in [4.78, 5) is 4.90. The van der Waals surface area contributed by atoms with Crippen LogP contribution in [-0.4, -0.2) is 47.3 Å². The zero-order valence-corrected chi connectivity index (χ0v) is 14.9. The third-order valence-corrected chi connectivity index (χ3v) is 4.23. The number of piperazine rings is 1. The number of hydrogen-bond acceptors (Lipinski definition) is 5. The largest absolute Gasteiger partial charge is 0.459 e. The number of nitrogens with one attached hydrogen (secondary N) is 1. The summed E-state index contributed by atoms with van der Waals surface area (Å²) in [5.41, 5.74) is 9.19. The molecule has 0 unspecified atom stereocenters. The van der Waals surface area contributed by atoms with E-state index in [9.17, 15) is 0 Å². The zero-order chi connectivity index (χ0) is 17.5. The Hall–Kier alpha value is -2.22. The molecule has 1 aromatic carbocycles. The molecule has 7 heteroatoms. The van der Waals surface area contributed by atoms with Gasteiger partial charge < -0.3 is 10.2 Å². The van der Waals surface area contributed by atoms with Gasteiger partial charge in [0.15, 0.2) is 5.11 Å². The summed E-state index contributed by atoms with van der Waals surface area (Å²) < 4.78 is 5.76. The van der Waals surface area contributed by atoms with Gasteiger partial charge in [0, 0.05) is 32.7 Å². The van der Waals surface area contributed by atoms with Crippen LogP contribution in [-0.2, 0) is 13.1 Å². The number of thiocarbonyl (C=S) groups is 1. The van der Waals surface area contributed by atoms with Gasteiger partial charge in [-0.2, -0.15) is 5.10 Å². The maximum Gasteiger partial charge on any atom is 0.184 e. The first-order valence-corrected chi connectivity index (χ1v) is 8.76. The summed E-state index contributed by atoms with van der Waals surface area (Å²) >= 11 is 4.69. The van der Waals surface area contributed by atoms with Crippen molar-refractivity contribution in [3.63, 3.8) is 0 Å². The fourth-order valence-corrected chi connectivity index (χ4v) is 2.93. The maximum atomic E-state index is 5.76. The first-order valence-electron chi connectivity index (χ1n) is 8.35. The molecule has 0 saturated carbocycles. The third-order valence-electron chi connectivity index (χ3n) is 4.14. The molecule has 0 bridgehead atoms. The molecule has 6 nitrogen and oxygen atoms in total. The van der Waals surface area contributed by atoms with E-state index in [0.29, 0.717) is 5.76 Å². The van der Waals surface area contributed by atoms with E-state index in [1.165, 1.54) is 5.56 Å². The van der Waals surface area contributed by atoms with E-state index >= 15 is 0 Å². The van der Waals surface area contributed by atoms with Gasteiger partial charge >= 0.3 is 0 Å². The van der Waals surface area contributed by atoms with Gasteiger partial charge in [-0.15, -0.1) is 0 Å². The van der Waals surface area contributed by atoms with Crippen LogP contribution in [0.4, 0.5) is 0 Å². The van der Waals surface area contributed by atoms with Crippen molar-refractivity contribution in [1.29, 1.82) is 0 Å². The predicted octanol–water partition coefficient (Wildman–Crippen LogP) is 1.76. The summed E-state index contributed by atoms with van der Waals surface area (Å²) in [7, 11) is 0. The van der Waals surface area contributed by atoms with E-state index < -0.39 is 0 Å². The highest BCUT2D eigenvalue weighted by Gasteiger charge is 2.18. The molecule has 2 heterocycles. The van der Waals surface area contributed by atoms with Crippen LogP contribution < -0.4 is 11.2 Å². The van der Waals surface area contributed by atoms with Gasteiger partial charge in [0.1, 0.15) is 11.5 Å². The number of nitrogens with zero attached hydrogens (tertiary/aromatic N) is 3. The number of rotatable bonds is 6. The molecule has 3 rings (SSSR count). The number of furan rings is 1. The summed E-state index contributed by atoms with van der Waals surface area (Å²) in [6, 6.07) is 14.5. The number of hydrazone groups is 1. The average molecular weight is 357 g/mol. The van der Waals surface area contributed by atoms with Crippen LogP contribution in [0.25, 0.3) is 0 Å². The Balaban J connectivity index is 1.44. The van der Waals surface area contributed by atoms with Crippen molar-refractivity contribution in [3.8, 4) is 0 Å². The van der Waals surface area contributed by atoms with Crippen molar-refractivity contribution in [2.75, 3.05) is 26.2 Å². The molecule has 0 radical (unpaired) electrons. The molecule has 1 aliphatic heterocycles. The van der Waals surface area contributed by atoms with Crippen LogP contribution in [0, 0.1) is 0 Å². The van der Waals surface area contributed by atoms with Crippen LogP contribution in [0.1, 0.15) is 17.1 Å². The normalized spacial score (nSPS) is 16.3. The second-order valence-corrected chi connectivity index (χ2v) is 6.52. The Morgan fingerprint density at radius 3 is 2.44 bits per heavy atom. The van der Waals surface area contributed by atoms with Gasteiger partial charge in [0.05, 0.1) is 12.8 Å². The van der Waals surface area contributed by atoms with E-state index in [-0.39, 0.29) is 5.11 Å². The van der Waals surface area contributed by atoms with Gasteiger partial charge in [-0.3, -0.25) is 15.2 Å². The lowest BCUT2D eigenvalue weighted by Gasteiger charge is -2.34. The quantitative estimate of drug-likeness (QED) is 0.466. The predicted molar refractivity (Wildman–Crippen MR) is 103 cm³/mol. The minimum Gasteiger partial charge on any atom is -0.459 e. The molecule has 0 spiro atoms. The van der Waals surface area contributed by atoms with E-state index in [1.807, 2.05) is 12.1 Å². The molecule has 2 aromatic rings. The first-order chi connectivity index (χ1) is 12.2.